The number of aromatic nitrogens is 2. The Morgan fingerprint density at radius 2 is 2.05 bits per heavy atom. The van der Waals surface area contributed by atoms with Crippen molar-refractivity contribution in [2.45, 2.75) is 39.7 Å². The third kappa shape index (κ3) is 4.43. The van der Waals surface area contributed by atoms with Gasteiger partial charge >= 0.3 is 0 Å². The van der Waals surface area contributed by atoms with E-state index in [1.807, 2.05) is 17.9 Å². The summed E-state index contributed by atoms with van der Waals surface area (Å²) in [6.07, 6.45) is 6.31. The van der Waals surface area contributed by atoms with Crippen LogP contribution in [-0.2, 0) is 13.5 Å². The van der Waals surface area contributed by atoms with Crippen LogP contribution in [0.5, 0.6) is 0 Å². The van der Waals surface area contributed by atoms with Crippen LogP contribution in [0.4, 0.5) is 0 Å². The van der Waals surface area contributed by atoms with Crippen LogP contribution in [0.15, 0.2) is 36.7 Å². The van der Waals surface area contributed by atoms with Crippen LogP contribution in [0.25, 0.3) is 0 Å². The van der Waals surface area contributed by atoms with Gasteiger partial charge in [-0.05, 0) is 36.4 Å². The van der Waals surface area contributed by atoms with Gasteiger partial charge in [0, 0.05) is 18.8 Å². The maximum atomic E-state index is 4.32. The van der Waals surface area contributed by atoms with Gasteiger partial charge in [0.2, 0.25) is 0 Å². The molecule has 21 heavy (non-hydrogen) atoms. The Hall–Kier alpha value is -1.61. The van der Waals surface area contributed by atoms with Crippen molar-refractivity contribution in [2.24, 2.45) is 13.0 Å². The van der Waals surface area contributed by atoms with Crippen LogP contribution in [0, 0.1) is 5.92 Å². The molecule has 2 rings (SSSR count). The molecular formula is C18H27N3. The summed E-state index contributed by atoms with van der Waals surface area (Å²) in [5.74, 6) is 0.681. The van der Waals surface area contributed by atoms with E-state index in [1.54, 1.807) is 0 Å². The van der Waals surface area contributed by atoms with Crippen LogP contribution < -0.4 is 5.32 Å². The van der Waals surface area contributed by atoms with Gasteiger partial charge in [0.1, 0.15) is 0 Å². The Morgan fingerprint density at radius 3 is 2.67 bits per heavy atom. The van der Waals surface area contributed by atoms with Gasteiger partial charge < -0.3 is 5.32 Å². The summed E-state index contributed by atoms with van der Waals surface area (Å²) in [4.78, 5) is 0. The Bertz CT molecular complexity index is 557. The molecule has 0 aliphatic carbocycles. The average Bonchev–Trinajstić information content (AvgIpc) is 2.85. The van der Waals surface area contributed by atoms with Crippen LogP contribution >= 0.6 is 0 Å². The fourth-order valence-electron chi connectivity index (χ4n) is 2.68. The van der Waals surface area contributed by atoms with E-state index in [0.717, 1.165) is 19.4 Å². The van der Waals surface area contributed by atoms with Gasteiger partial charge in [-0.15, -0.1) is 0 Å². The highest BCUT2D eigenvalue weighted by Crippen LogP contribution is 2.23. The molecule has 0 aliphatic heterocycles. The van der Waals surface area contributed by atoms with E-state index in [0.29, 0.717) is 5.92 Å². The monoisotopic (exact) mass is 285 g/mol. The van der Waals surface area contributed by atoms with Gasteiger partial charge in [0.05, 0.1) is 12.2 Å². The van der Waals surface area contributed by atoms with Crippen molar-refractivity contribution >= 4 is 0 Å². The summed E-state index contributed by atoms with van der Waals surface area (Å²) in [5, 5.41) is 7.96. The van der Waals surface area contributed by atoms with E-state index < -0.39 is 0 Å². The van der Waals surface area contributed by atoms with Gasteiger partial charge in [-0.25, -0.2) is 0 Å². The van der Waals surface area contributed by atoms with Crippen molar-refractivity contribution < 1.29 is 0 Å². The SMILES string of the molecule is CCCNC(c1cccc(CC(C)C)c1)c1cnn(C)c1. The quantitative estimate of drug-likeness (QED) is 0.840. The molecule has 114 valence electrons. The number of hydrogen-bond acceptors (Lipinski definition) is 2. The predicted octanol–water partition coefficient (Wildman–Crippen LogP) is 3.71. The van der Waals surface area contributed by atoms with Crippen LogP contribution in [0.3, 0.4) is 0 Å². The molecule has 0 aliphatic rings. The largest absolute Gasteiger partial charge is 0.306 e. The molecule has 1 heterocycles. The molecule has 0 bridgehead atoms. The lowest BCUT2D eigenvalue weighted by Gasteiger charge is -2.19. The maximum absolute atomic E-state index is 4.32. The smallest absolute Gasteiger partial charge is 0.0608 e. The first-order valence-electron chi connectivity index (χ1n) is 7.91. The first-order chi connectivity index (χ1) is 10.1. The number of benzene rings is 1. The molecule has 0 saturated carbocycles. The topological polar surface area (TPSA) is 29.9 Å². The fraction of sp³-hybridized carbons (Fsp3) is 0.500. The summed E-state index contributed by atoms with van der Waals surface area (Å²) in [6.45, 7) is 7.73. The Balaban J connectivity index is 2.27. The molecule has 3 heteroatoms. The van der Waals surface area contributed by atoms with Crippen molar-refractivity contribution in [3.05, 3.63) is 53.3 Å². The highest BCUT2D eigenvalue weighted by Gasteiger charge is 2.15. The van der Waals surface area contributed by atoms with E-state index >= 15 is 0 Å². The Kier molecular flexibility index (Phi) is 5.57. The van der Waals surface area contributed by atoms with Crippen LogP contribution in [0.2, 0.25) is 0 Å². The van der Waals surface area contributed by atoms with Gasteiger partial charge in [-0.1, -0.05) is 45.0 Å². The highest BCUT2D eigenvalue weighted by atomic mass is 15.2. The zero-order valence-electron chi connectivity index (χ0n) is 13.6. The first kappa shape index (κ1) is 15.8. The molecule has 0 fully saturated rings. The van der Waals surface area contributed by atoms with Crippen LogP contribution in [-0.4, -0.2) is 16.3 Å². The Morgan fingerprint density at radius 1 is 1.24 bits per heavy atom. The van der Waals surface area contributed by atoms with Gasteiger partial charge in [-0.3, -0.25) is 4.68 Å². The first-order valence-corrected chi connectivity index (χ1v) is 7.91. The van der Waals surface area contributed by atoms with Gasteiger partial charge in [-0.2, -0.15) is 5.10 Å². The van der Waals surface area contributed by atoms with Crippen molar-refractivity contribution in [1.82, 2.24) is 15.1 Å². The van der Waals surface area contributed by atoms with Crippen molar-refractivity contribution in [3.8, 4) is 0 Å². The zero-order valence-corrected chi connectivity index (χ0v) is 13.6. The highest BCUT2D eigenvalue weighted by molar-refractivity contribution is 5.32. The molecule has 0 saturated heterocycles. The van der Waals surface area contributed by atoms with Crippen molar-refractivity contribution in [3.63, 3.8) is 0 Å². The van der Waals surface area contributed by atoms with E-state index in [2.05, 4.69) is 61.6 Å². The second-order valence-corrected chi connectivity index (χ2v) is 6.18. The fourth-order valence-corrected chi connectivity index (χ4v) is 2.68. The number of hydrogen-bond donors (Lipinski definition) is 1. The second kappa shape index (κ2) is 7.41. The zero-order chi connectivity index (χ0) is 15.2. The standard InChI is InChI=1S/C18H27N3/c1-5-9-19-18(17-12-20-21(4)13-17)16-8-6-7-15(11-16)10-14(2)3/h6-8,11-14,18-19H,5,9-10H2,1-4H3. The molecule has 0 radical (unpaired) electrons. The average molecular weight is 285 g/mol. The number of nitrogens with one attached hydrogen (secondary N) is 1. The van der Waals surface area contributed by atoms with Crippen LogP contribution in [0.1, 0.15) is 49.9 Å². The van der Waals surface area contributed by atoms with E-state index in [-0.39, 0.29) is 6.04 Å². The lowest BCUT2D eigenvalue weighted by molar-refractivity contribution is 0.595. The molecule has 1 aromatic carbocycles. The molecule has 2 aromatic rings. The molecule has 1 atom stereocenters. The summed E-state index contributed by atoms with van der Waals surface area (Å²) in [5.41, 5.74) is 3.97. The predicted molar refractivity (Wildman–Crippen MR) is 88.3 cm³/mol. The van der Waals surface area contributed by atoms with Crippen molar-refractivity contribution in [2.75, 3.05) is 6.54 Å². The molecule has 0 amide bonds. The van der Waals surface area contributed by atoms with Crippen molar-refractivity contribution in [1.29, 1.82) is 0 Å². The molecule has 0 spiro atoms. The molecule has 3 nitrogen and oxygen atoms in total. The summed E-state index contributed by atoms with van der Waals surface area (Å²) in [6, 6.07) is 9.17. The molecule has 1 aromatic heterocycles. The minimum atomic E-state index is 0.228. The van der Waals surface area contributed by atoms with Gasteiger partial charge in [0.25, 0.3) is 0 Å². The van der Waals surface area contributed by atoms with E-state index in [4.69, 9.17) is 0 Å². The molecule has 1 N–H and O–H groups in total. The maximum Gasteiger partial charge on any atom is 0.0608 e. The number of nitrogens with zero attached hydrogens (tertiary/aromatic N) is 2. The lowest BCUT2D eigenvalue weighted by atomic mass is 9.96. The molecule has 1 unspecified atom stereocenters. The molecular weight excluding hydrogens is 258 g/mol. The van der Waals surface area contributed by atoms with E-state index in [9.17, 15) is 0 Å². The van der Waals surface area contributed by atoms with Gasteiger partial charge in [0.15, 0.2) is 0 Å². The third-order valence-electron chi connectivity index (χ3n) is 3.58. The van der Waals surface area contributed by atoms with E-state index in [1.165, 1.54) is 16.7 Å². The number of aryl methyl sites for hydroxylation is 1. The summed E-state index contributed by atoms with van der Waals surface area (Å²) in [7, 11) is 1.97. The summed E-state index contributed by atoms with van der Waals surface area (Å²) < 4.78 is 1.87. The third-order valence-corrected chi connectivity index (χ3v) is 3.58. The second-order valence-electron chi connectivity index (χ2n) is 6.18. The Labute approximate surface area is 128 Å². The lowest BCUT2D eigenvalue weighted by Crippen LogP contribution is -2.23. The minimum absolute atomic E-state index is 0.228. The minimum Gasteiger partial charge on any atom is -0.306 e. The normalized spacial score (nSPS) is 12.8. The summed E-state index contributed by atoms with van der Waals surface area (Å²) >= 11 is 0. The number of rotatable bonds is 7.